The summed E-state index contributed by atoms with van der Waals surface area (Å²) in [4.78, 5) is 25.5. The molecule has 1 saturated heterocycles. The van der Waals surface area contributed by atoms with E-state index >= 15 is 0 Å². The number of carbonyl (C=O) groups excluding carboxylic acids is 1. The van der Waals surface area contributed by atoms with Crippen LogP contribution < -0.4 is 5.32 Å². The van der Waals surface area contributed by atoms with Crippen molar-refractivity contribution in [3.8, 4) is 0 Å². The van der Waals surface area contributed by atoms with Gasteiger partial charge in [-0.25, -0.2) is 9.59 Å². The molecule has 2 amide bonds. The van der Waals surface area contributed by atoms with Crippen molar-refractivity contribution < 1.29 is 14.7 Å². The molecule has 2 unspecified atom stereocenters. The SMILES string of the molecule is CCC(CC)(NC(=O)N1CC2CCCC2C1)C(=O)O. The number of hydrogen-bond donors (Lipinski definition) is 2. The minimum atomic E-state index is -1.12. The second kappa shape index (κ2) is 5.39. The van der Waals surface area contributed by atoms with E-state index in [1.54, 1.807) is 18.7 Å². The van der Waals surface area contributed by atoms with Gasteiger partial charge in [0.05, 0.1) is 0 Å². The number of likely N-dealkylation sites (tertiary alicyclic amines) is 1. The van der Waals surface area contributed by atoms with E-state index in [0.717, 1.165) is 13.1 Å². The fourth-order valence-electron chi connectivity index (χ4n) is 3.47. The summed E-state index contributed by atoms with van der Waals surface area (Å²) in [7, 11) is 0. The van der Waals surface area contributed by atoms with Crippen molar-refractivity contribution in [3.63, 3.8) is 0 Å². The first-order valence-corrected chi connectivity index (χ1v) is 7.33. The topological polar surface area (TPSA) is 69.6 Å². The molecule has 0 aromatic carbocycles. The highest BCUT2D eigenvalue weighted by molar-refractivity contribution is 5.86. The standard InChI is InChI=1S/C14H24N2O3/c1-3-14(4-2,12(17)18)15-13(19)16-8-10-6-5-7-11(10)9-16/h10-11H,3-9H2,1-2H3,(H,15,19)(H,17,18). The number of rotatable bonds is 4. The molecular formula is C14H24N2O3. The molecule has 2 fully saturated rings. The van der Waals surface area contributed by atoms with Gasteiger partial charge in [0.1, 0.15) is 5.54 Å². The molecule has 1 saturated carbocycles. The van der Waals surface area contributed by atoms with Crippen LogP contribution in [0.5, 0.6) is 0 Å². The second-order valence-electron chi connectivity index (χ2n) is 5.88. The van der Waals surface area contributed by atoms with Crippen LogP contribution in [0.3, 0.4) is 0 Å². The molecule has 0 bridgehead atoms. The summed E-state index contributed by atoms with van der Waals surface area (Å²) in [5, 5.41) is 12.1. The Morgan fingerprint density at radius 3 is 2.16 bits per heavy atom. The maximum Gasteiger partial charge on any atom is 0.329 e. The molecule has 2 aliphatic rings. The maximum atomic E-state index is 12.3. The molecule has 5 nitrogen and oxygen atoms in total. The van der Waals surface area contributed by atoms with E-state index in [-0.39, 0.29) is 6.03 Å². The van der Waals surface area contributed by atoms with Crippen LogP contribution >= 0.6 is 0 Å². The molecule has 0 aromatic rings. The third-order valence-electron chi connectivity index (χ3n) is 4.98. The van der Waals surface area contributed by atoms with Crippen LogP contribution in [0.1, 0.15) is 46.0 Å². The van der Waals surface area contributed by atoms with Gasteiger partial charge >= 0.3 is 12.0 Å². The van der Waals surface area contributed by atoms with Crippen LogP contribution in [0.2, 0.25) is 0 Å². The molecule has 19 heavy (non-hydrogen) atoms. The third kappa shape index (κ3) is 2.55. The van der Waals surface area contributed by atoms with Gasteiger partial charge in [-0.2, -0.15) is 0 Å². The molecule has 1 heterocycles. The lowest BCUT2D eigenvalue weighted by molar-refractivity contribution is -0.144. The van der Waals surface area contributed by atoms with Crippen molar-refractivity contribution >= 4 is 12.0 Å². The molecule has 1 aliphatic carbocycles. The number of carboxylic acid groups (broad SMARTS) is 1. The van der Waals surface area contributed by atoms with Crippen LogP contribution in [0.15, 0.2) is 0 Å². The number of carboxylic acids is 1. The number of fused-ring (bicyclic) bond motifs is 1. The quantitative estimate of drug-likeness (QED) is 0.820. The molecule has 1 aliphatic heterocycles. The highest BCUT2D eigenvalue weighted by Crippen LogP contribution is 2.37. The second-order valence-corrected chi connectivity index (χ2v) is 5.88. The zero-order valence-corrected chi connectivity index (χ0v) is 11.8. The lowest BCUT2D eigenvalue weighted by Crippen LogP contribution is -2.57. The minimum Gasteiger partial charge on any atom is -0.480 e. The van der Waals surface area contributed by atoms with Crippen molar-refractivity contribution in [2.45, 2.75) is 51.5 Å². The van der Waals surface area contributed by atoms with Crippen molar-refractivity contribution in [2.24, 2.45) is 11.8 Å². The van der Waals surface area contributed by atoms with Gasteiger partial charge in [-0.15, -0.1) is 0 Å². The van der Waals surface area contributed by atoms with Gasteiger partial charge in [0.15, 0.2) is 0 Å². The van der Waals surface area contributed by atoms with Crippen molar-refractivity contribution in [2.75, 3.05) is 13.1 Å². The normalized spacial score (nSPS) is 26.3. The summed E-state index contributed by atoms with van der Waals surface area (Å²) < 4.78 is 0. The molecule has 108 valence electrons. The predicted molar refractivity (Wildman–Crippen MR) is 71.9 cm³/mol. The van der Waals surface area contributed by atoms with Crippen molar-refractivity contribution in [1.29, 1.82) is 0 Å². The number of nitrogens with one attached hydrogen (secondary N) is 1. The summed E-state index contributed by atoms with van der Waals surface area (Å²) in [5.41, 5.74) is -1.12. The van der Waals surface area contributed by atoms with E-state index in [0.29, 0.717) is 24.7 Å². The van der Waals surface area contributed by atoms with E-state index in [2.05, 4.69) is 5.32 Å². The molecule has 0 radical (unpaired) electrons. The Kier molecular flexibility index (Phi) is 4.02. The molecule has 2 N–H and O–H groups in total. The molecular weight excluding hydrogens is 244 g/mol. The highest BCUT2D eigenvalue weighted by atomic mass is 16.4. The van der Waals surface area contributed by atoms with Gasteiger partial charge < -0.3 is 15.3 Å². The number of urea groups is 1. The lowest BCUT2D eigenvalue weighted by atomic mass is 9.93. The summed E-state index contributed by atoms with van der Waals surface area (Å²) in [6.45, 7) is 5.19. The maximum absolute atomic E-state index is 12.3. The zero-order valence-electron chi connectivity index (χ0n) is 11.8. The Bertz CT molecular complexity index is 354. The average Bonchev–Trinajstić information content (AvgIpc) is 2.95. The number of hydrogen-bond acceptors (Lipinski definition) is 2. The van der Waals surface area contributed by atoms with Gasteiger partial charge in [-0.3, -0.25) is 0 Å². The van der Waals surface area contributed by atoms with E-state index in [4.69, 9.17) is 0 Å². The fraction of sp³-hybridized carbons (Fsp3) is 0.857. The number of aliphatic carboxylic acids is 1. The first kappa shape index (κ1) is 14.2. The summed E-state index contributed by atoms with van der Waals surface area (Å²) in [6, 6.07) is -0.208. The fourth-order valence-corrected chi connectivity index (χ4v) is 3.47. The number of nitrogens with zero attached hydrogens (tertiary/aromatic N) is 1. The van der Waals surface area contributed by atoms with E-state index in [1.165, 1.54) is 19.3 Å². The summed E-state index contributed by atoms with van der Waals surface area (Å²) in [5.74, 6) is 0.326. The van der Waals surface area contributed by atoms with Gasteiger partial charge in [0.2, 0.25) is 0 Å². The Hall–Kier alpha value is -1.26. The average molecular weight is 268 g/mol. The van der Waals surface area contributed by atoms with Crippen LogP contribution in [0, 0.1) is 11.8 Å². The molecule has 2 rings (SSSR count). The number of carbonyl (C=O) groups is 2. The predicted octanol–water partition coefficient (Wildman–Crippen LogP) is 2.07. The zero-order chi connectivity index (χ0) is 14.0. The first-order chi connectivity index (χ1) is 9.02. The largest absolute Gasteiger partial charge is 0.480 e. The van der Waals surface area contributed by atoms with Gasteiger partial charge in [-0.05, 0) is 37.5 Å². The lowest BCUT2D eigenvalue weighted by Gasteiger charge is -2.30. The van der Waals surface area contributed by atoms with Crippen LogP contribution in [0.25, 0.3) is 0 Å². The molecule has 2 atom stereocenters. The van der Waals surface area contributed by atoms with Gasteiger partial charge in [-0.1, -0.05) is 20.3 Å². The van der Waals surface area contributed by atoms with Crippen molar-refractivity contribution in [3.05, 3.63) is 0 Å². The van der Waals surface area contributed by atoms with Crippen LogP contribution in [-0.4, -0.2) is 40.6 Å². The Morgan fingerprint density at radius 2 is 1.74 bits per heavy atom. The van der Waals surface area contributed by atoms with Crippen LogP contribution in [-0.2, 0) is 4.79 Å². The first-order valence-electron chi connectivity index (χ1n) is 7.33. The monoisotopic (exact) mass is 268 g/mol. The summed E-state index contributed by atoms with van der Waals surface area (Å²) in [6.07, 6.45) is 4.50. The van der Waals surface area contributed by atoms with Crippen LogP contribution in [0.4, 0.5) is 4.79 Å². The molecule has 0 spiro atoms. The Labute approximate surface area is 114 Å². The van der Waals surface area contributed by atoms with E-state index < -0.39 is 11.5 Å². The Balaban J connectivity index is 1.99. The molecule has 0 aromatic heterocycles. The minimum absolute atomic E-state index is 0.208. The highest BCUT2D eigenvalue weighted by Gasteiger charge is 2.42. The molecule has 5 heteroatoms. The van der Waals surface area contributed by atoms with E-state index in [1.807, 2.05) is 0 Å². The smallest absolute Gasteiger partial charge is 0.329 e. The van der Waals surface area contributed by atoms with Gasteiger partial charge in [0.25, 0.3) is 0 Å². The Morgan fingerprint density at radius 1 is 1.21 bits per heavy atom. The van der Waals surface area contributed by atoms with E-state index in [9.17, 15) is 14.7 Å². The third-order valence-corrected chi connectivity index (χ3v) is 4.98. The van der Waals surface area contributed by atoms with Gasteiger partial charge in [0, 0.05) is 13.1 Å². The van der Waals surface area contributed by atoms with Crippen molar-refractivity contribution in [1.82, 2.24) is 10.2 Å². The summed E-state index contributed by atoms with van der Waals surface area (Å²) >= 11 is 0. The number of amides is 2.